The molecule has 2 heterocycles. The van der Waals surface area contributed by atoms with Crippen LogP contribution in [0.25, 0.3) is 0 Å². The number of nitrogens with one attached hydrogen (secondary N) is 1. The van der Waals surface area contributed by atoms with Crippen molar-refractivity contribution in [2.75, 3.05) is 20.2 Å². The predicted molar refractivity (Wildman–Crippen MR) is 93.0 cm³/mol. The summed E-state index contributed by atoms with van der Waals surface area (Å²) in [5, 5.41) is 2.98. The summed E-state index contributed by atoms with van der Waals surface area (Å²) in [6, 6.07) is 12.2. The van der Waals surface area contributed by atoms with E-state index in [0.717, 1.165) is 37.2 Å². The molecule has 2 amide bonds. The molecule has 24 heavy (non-hydrogen) atoms. The Balaban J connectivity index is 1.58. The van der Waals surface area contributed by atoms with Gasteiger partial charge in [-0.15, -0.1) is 0 Å². The second-order valence-corrected chi connectivity index (χ2v) is 6.04. The van der Waals surface area contributed by atoms with E-state index in [4.69, 9.17) is 4.74 Å². The van der Waals surface area contributed by atoms with E-state index in [1.165, 1.54) is 5.56 Å². The number of carbonyl (C=O) groups excluding carboxylic acids is 1. The highest BCUT2D eigenvalue weighted by molar-refractivity contribution is 5.74. The number of benzene rings is 1. The van der Waals surface area contributed by atoms with Crippen LogP contribution in [-0.2, 0) is 6.54 Å². The van der Waals surface area contributed by atoms with Crippen molar-refractivity contribution in [1.29, 1.82) is 0 Å². The number of hydrogen-bond acceptors (Lipinski definition) is 3. The number of urea groups is 1. The Hall–Kier alpha value is -2.56. The molecule has 5 nitrogen and oxygen atoms in total. The minimum absolute atomic E-state index is 0.0264. The first-order valence-electron chi connectivity index (χ1n) is 8.32. The third-order valence-corrected chi connectivity index (χ3v) is 4.49. The zero-order valence-electron chi connectivity index (χ0n) is 13.9. The van der Waals surface area contributed by atoms with Crippen molar-refractivity contribution >= 4 is 6.03 Å². The van der Waals surface area contributed by atoms with Gasteiger partial charge in [0, 0.05) is 43.5 Å². The minimum atomic E-state index is -0.0264. The van der Waals surface area contributed by atoms with E-state index in [0.29, 0.717) is 12.5 Å². The van der Waals surface area contributed by atoms with Crippen LogP contribution < -0.4 is 10.1 Å². The van der Waals surface area contributed by atoms with E-state index in [9.17, 15) is 4.79 Å². The largest absolute Gasteiger partial charge is 0.496 e. The van der Waals surface area contributed by atoms with E-state index in [2.05, 4.69) is 34.6 Å². The topological polar surface area (TPSA) is 54.5 Å². The van der Waals surface area contributed by atoms with Gasteiger partial charge in [-0.05, 0) is 24.5 Å². The summed E-state index contributed by atoms with van der Waals surface area (Å²) in [6.07, 6.45) is 5.56. The van der Waals surface area contributed by atoms with Gasteiger partial charge in [-0.3, -0.25) is 4.98 Å². The molecular weight excluding hydrogens is 302 g/mol. The number of ether oxygens (including phenoxy) is 1. The predicted octanol–water partition coefficient (Wildman–Crippen LogP) is 3.18. The number of aromatic nitrogens is 1. The van der Waals surface area contributed by atoms with Crippen LogP contribution in [0, 0.1) is 0 Å². The highest BCUT2D eigenvalue weighted by Crippen LogP contribution is 2.26. The van der Waals surface area contributed by atoms with Gasteiger partial charge in [0.25, 0.3) is 0 Å². The van der Waals surface area contributed by atoms with Crippen molar-refractivity contribution in [2.24, 2.45) is 0 Å². The van der Waals surface area contributed by atoms with Gasteiger partial charge in [0.1, 0.15) is 5.75 Å². The fourth-order valence-electron chi connectivity index (χ4n) is 3.19. The molecule has 5 heteroatoms. The molecule has 1 aromatic carbocycles. The SMILES string of the molecule is COc1ccncc1CNC(=O)N1CCCC(c2ccccc2)C1. The van der Waals surface area contributed by atoms with Crippen molar-refractivity contribution in [3.8, 4) is 5.75 Å². The van der Waals surface area contributed by atoms with Gasteiger partial charge in [-0.1, -0.05) is 30.3 Å². The summed E-state index contributed by atoms with van der Waals surface area (Å²) >= 11 is 0. The van der Waals surface area contributed by atoms with Crippen molar-refractivity contribution in [3.05, 3.63) is 59.9 Å². The summed E-state index contributed by atoms with van der Waals surface area (Å²) in [7, 11) is 1.62. The quantitative estimate of drug-likeness (QED) is 0.939. The van der Waals surface area contributed by atoms with E-state index in [1.54, 1.807) is 25.6 Å². The number of methoxy groups -OCH3 is 1. The van der Waals surface area contributed by atoms with Gasteiger partial charge in [0.05, 0.1) is 7.11 Å². The molecule has 1 aromatic heterocycles. The molecule has 0 aliphatic carbocycles. The molecule has 2 aromatic rings. The zero-order valence-corrected chi connectivity index (χ0v) is 13.9. The lowest BCUT2D eigenvalue weighted by molar-refractivity contribution is 0.179. The summed E-state index contributed by atoms with van der Waals surface area (Å²) in [4.78, 5) is 18.5. The van der Waals surface area contributed by atoms with Gasteiger partial charge in [0.2, 0.25) is 0 Å². The van der Waals surface area contributed by atoms with Gasteiger partial charge in [-0.2, -0.15) is 0 Å². The van der Waals surface area contributed by atoms with Crippen LogP contribution in [-0.4, -0.2) is 36.1 Å². The average Bonchev–Trinajstić information content (AvgIpc) is 2.67. The maximum absolute atomic E-state index is 12.5. The van der Waals surface area contributed by atoms with Crippen molar-refractivity contribution in [1.82, 2.24) is 15.2 Å². The van der Waals surface area contributed by atoms with Gasteiger partial charge >= 0.3 is 6.03 Å². The Morgan fingerprint density at radius 3 is 2.96 bits per heavy atom. The lowest BCUT2D eigenvalue weighted by Crippen LogP contribution is -2.44. The molecule has 0 saturated carbocycles. The first-order chi connectivity index (χ1) is 11.8. The van der Waals surface area contributed by atoms with Crippen LogP contribution >= 0.6 is 0 Å². The number of amides is 2. The molecule has 1 unspecified atom stereocenters. The molecule has 1 fully saturated rings. The van der Waals surface area contributed by atoms with Crippen LogP contribution in [0.1, 0.15) is 29.9 Å². The van der Waals surface area contributed by atoms with E-state index < -0.39 is 0 Å². The van der Waals surface area contributed by atoms with Crippen molar-refractivity contribution < 1.29 is 9.53 Å². The fraction of sp³-hybridized carbons (Fsp3) is 0.368. The number of rotatable bonds is 4. The number of carbonyl (C=O) groups is 1. The molecule has 1 aliphatic heterocycles. The van der Waals surface area contributed by atoms with E-state index in [1.807, 2.05) is 11.0 Å². The summed E-state index contributed by atoms with van der Waals surface area (Å²) in [5.74, 6) is 1.16. The summed E-state index contributed by atoms with van der Waals surface area (Å²) < 4.78 is 5.29. The maximum atomic E-state index is 12.5. The second kappa shape index (κ2) is 7.81. The van der Waals surface area contributed by atoms with Crippen molar-refractivity contribution in [2.45, 2.75) is 25.3 Å². The van der Waals surface area contributed by atoms with E-state index >= 15 is 0 Å². The summed E-state index contributed by atoms with van der Waals surface area (Å²) in [6.45, 7) is 1.99. The Morgan fingerprint density at radius 1 is 1.33 bits per heavy atom. The molecule has 1 saturated heterocycles. The van der Waals surface area contributed by atoms with Crippen LogP contribution in [0.3, 0.4) is 0 Å². The first-order valence-corrected chi connectivity index (χ1v) is 8.32. The van der Waals surface area contributed by atoms with Crippen LogP contribution in [0.4, 0.5) is 4.79 Å². The standard InChI is InChI=1S/C19H23N3O2/c1-24-18-9-10-20-12-17(18)13-21-19(23)22-11-5-8-16(14-22)15-6-3-2-4-7-15/h2-4,6-7,9-10,12,16H,5,8,11,13-14H2,1H3,(H,21,23). The molecule has 3 rings (SSSR count). The molecule has 0 radical (unpaired) electrons. The van der Waals surface area contributed by atoms with Crippen LogP contribution in [0.15, 0.2) is 48.8 Å². The molecular formula is C19H23N3O2. The minimum Gasteiger partial charge on any atom is -0.496 e. The molecule has 1 N–H and O–H groups in total. The normalized spacial score (nSPS) is 17.4. The smallest absolute Gasteiger partial charge is 0.317 e. The Bertz CT molecular complexity index is 675. The number of pyridine rings is 1. The van der Waals surface area contributed by atoms with Gasteiger partial charge < -0.3 is 15.0 Å². The number of nitrogens with zero attached hydrogens (tertiary/aromatic N) is 2. The maximum Gasteiger partial charge on any atom is 0.317 e. The number of hydrogen-bond donors (Lipinski definition) is 1. The van der Waals surface area contributed by atoms with Gasteiger partial charge in [-0.25, -0.2) is 4.79 Å². The number of piperidine rings is 1. The lowest BCUT2D eigenvalue weighted by atomic mass is 9.91. The lowest BCUT2D eigenvalue weighted by Gasteiger charge is -2.33. The van der Waals surface area contributed by atoms with Gasteiger partial charge in [0.15, 0.2) is 0 Å². The third kappa shape index (κ3) is 3.85. The monoisotopic (exact) mass is 325 g/mol. The second-order valence-electron chi connectivity index (χ2n) is 6.04. The fourth-order valence-corrected chi connectivity index (χ4v) is 3.19. The average molecular weight is 325 g/mol. The zero-order chi connectivity index (χ0) is 16.8. The van der Waals surface area contributed by atoms with Crippen molar-refractivity contribution in [3.63, 3.8) is 0 Å². The third-order valence-electron chi connectivity index (χ3n) is 4.49. The Morgan fingerprint density at radius 2 is 2.17 bits per heavy atom. The first kappa shape index (κ1) is 16.3. The van der Waals surface area contributed by atoms with Crippen LogP contribution in [0.2, 0.25) is 0 Å². The number of likely N-dealkylation sites (tertiary alicyclic amines) is 1. The molecule has 0 spiro atoms. The highest BCUT2D eigenvalue weighted by atomic mass is 16.5. The molecule has 0 bridgehead atoms. The molecule has 126 valence electrons. The summed E-state index contributed by atoms with van der Waals surface area (Å²) in [5.41, 5.74) is 2.19. The highest BCUT2D eigenvalue weighted by Gasteiger charge is 2.24. The van der Waals surface area contributed by atoms with E-state index in [-0.39, 0.29) is 6.03 Å². The van der Waals surface area contributed by atoms with Crippen LogP contribution in [0.5, 0.6) is 5.75 Å². The Labute approximate surface area is 142 Å². The molecule has 1 atom stereocenters. The molecule has 1 aliphatic rings. The Kier molecular flexibility index (Phi) is 5.31.